The van der Waals surface area contributed by atoms with Gasteiger partial charge in [0.05, 0.1) is 11.4 Å². The third kappa shape index (κ3) is 4.67. The van der Waals surface area contributed by atoms with Crippen molar-refractivity contribution in [2.24, 2.45) is 5.92 Å². The third-order valence-corrected chi connectivity index (χ3v) is 5.14. The summed E-state index contributed by atoms with van der Waals surface area (Å²) >= 11 is 0. The molecule has 156 valence electrons. The molecular weight excluding hydrogens is 388 g/mol. The Morgan fingerprint density at radius 2 is 1.90 bits per heavy atom. The van der Waals surface area contributed by atoms with E-state index in [1.54, 1.807) is 24.3 Å². The highest BCUT2D eigenvalue weighted by molar-refractivity contribution is 5.76. The minimum absolute atomic E-state index is 0.0346. The van der Waals surface area contributed by atoms with Crippen LogP contribution in [0.25, 0.3) is 5.69 Å². The Labute approximate surface area is 173 Å². The van der Waals surface area contributed by atoms with E-state index in [0.717, 1.165) is 0 Å². The number of halogens is 2. The van der Waals surface area contributed by atoms with Gasteiger partial charge in [0.15, 0.2) is 11.6 Å². The quantitative estimate of drug-likeness (QED) is 0.584. The summed E-state index contributed by atoms with van der Waals surface area (Å²) < 4.78 is 35.0. The van der Waals surface area contributed by atoms with Crippen LogP contribution in [0.4, 0.5) is 8.78 Å². The average Bonchev–Trinajstić information content (AvgIpc) is 3.51. The summed E-state index contributed by atoms with van der Waals surface area (Å²) in [7, 11) is 0. The maximum atomic E-state index is 14.2. The lowest BCUT2D eigenvalue weighted by atomic mass is 10.1. The van der Waals surface area contributed by atoms with E-state index >= 15 is 0 Å². The van der Waals surface area contributed by atoms with E-state index in [2.05, 4.69) is 10.4 Å². The van der Waals surface area contributed by atoms with Gasteiger partial charge in [-0.05, 0) is 68.5 Å². The highest BCUT2D eigenvalue weighted by Gasteiger charge is 2.23. The van der Waals surface area contributed by atoms with Crippen LogP contribution in [-0.2, 0) is 11.2 Å². The fourth-order valence-corrected chi connectivity index (χ4v) is 3.23. The summed E-state index contributed by atoms with van der Waals surface area (Å²) in [5.74, 6) is 0.0748. The molecule has 30 heavy (non-hydrogen) atoms. The monoisotopic (exact) mass is 411 g/mol. The predicted molar refractivity (Wildman–Crippen MR) is 109 cm³/mol. The molecule has 1 amide bonds. The second kappa shape index (κ2) is 8.65. The van der Waals surface area contributed by atoms with Gasteiger partial charge in [0.1, 0.15) is 5.82 Å². The van der Waals surface area contributed by atoms with Gasteiger partial charge in [0.2, 0.25) is 11.8 Å². The number of amides is 1. The van der Waals surface area contributed by atoms with Crippen molar-refractivity contribution in [3.05, 3.63) is 71.4 Å². The lowest BCUT2D eigenvalue weighted by Gasteiger charge is -2.12. The van der Waals surface area contributed by atoms with Crippen LogP contribution < -0.4 is 10.1 Å². The molecule has 5 nitrogen and oxygen atoms in total. The van der Waals surface area contributed by atoms with Crippen LogP contribution in [0.2, 0.25) is 0 Å². The average molecular weight is 411 g/mol. The maximum absolute atomic E-state index is 14.2. The number of nitrogens with one attached hydrogen (secondary N) is 1. The van der Waals surface area contributed by atoms with E-state index in [1.807, 2.05) is 6.92 Å². The minimum atomic E-state index is -0.505. The fraction of sp³-hybridized carbons (Fsp3) is 0.304. The first-order valence-electron chi connectivity index (χ1n) is 10.0. The molecule has 1 aromatic heterocycles. The molecule has 0 atom stereocenters. The number of rotatable bonds is 8. The second-order valence-corrected chi connectivity index (χ2v) is 7.54. The number of aromatic nitrogens is 2. The van der Waals surface area contributed by atoms with Gasteiger partial charge in [-0.3, -0.25) is 4.79 Å². The molecular formula is C23H23F2N3O2. The fourth-order valence-electron chi connectivity index (χ4n) is 3.23. The first-order chi connectivity index (χ1) is 14.5. The summed E-state index contributed by atoms with van der Waals surface area (Å²) in [6.45, 7) is 2.52. The van der Waals surface area contributed by atoms with Crippen molar-refractivity contribution in [3.63, 3.8) is 0 Å². The number of carbonyl (C=O) groups is 1. The van der Waals surface area contributed by atoms with Crippen molar-refractivity contribution >= 4 is 5.91 Å². The van der Waals surface area contributed by atoms with Crippen LogP contribution in [0.3, 0.4) is 0 Å². The SMILES string of the molecule is Cc1nn(-c2ccc(F)cc2)c(Oc2ccccc2F)c1CCC(=O)NCC1CC1. The molecule has 1 N–H and O–H groups in total. The maximum Gasteiger partial charge on any atom is 0.226 e. The van der Waals surface area contributed by atoms with Gasteiger partial charge in [-0.25, -0.2) is 13.5 Å². The molecule has 7 heteroatoms. The number of nitrogens with zero attached hydrogens (tertiary/aromatic N) is 2. The van der Waals surface area contributed by atoms with Crippen LogP contribution in [-0.4, -0.2) is 22.2 Å². The van der Waals surface area contributed by atoms with E-state index in [9.17, 15) is 13.6 Å². The molecule has 1 fully saturated rings. The third-order valence-electron chi connectivity index (χ3n) is 5.14. The molecule has 0 aliphatic heterocycles. The molecule has 1 heterocycles. The van der Waals surface area contributed by atoms with Crippen LogP contribution in [0.5, 0.6) is 11.6 Å². The lowest BCUT2D eigenvalue weighted by Crippen LogP contribution is -2.25. The molecule has 4 rings (SSSR count). The van der Waals surface area contributed by atoms with E-state index in [-0.39, 0.29) is 23.9 Å². The molecule has 1 saturated carbocycles. The summed E-state index contributed by atoms with van der Waals surface area (Å²) in [5, 5.41) is 7.46. The van der Waals surface area contributed by atoms with Crippen molar-refractivity contribution in [2.75, 3.05) is 6.54 Å². The number of hydrogen-bond donors (Lipinski definition) is 1. The number of carbonyl (C=O) groups excluding carboxylic acids is 1. The molecule has 0 radical (unpaired) electrons. The van der Waals surface area contributed by atoms with E-state index in [0.29, 0.717) is 41.7 Å². The molecule has 0 spiro atoms. The first kappa shape index (κ1) is 20.1. The summed E-state index contributed by atoms with van der Waals surface area (Å²) in [5.41, 5.74) is 1.96. The number of ether oxygens (including phenoxy) is 1. The van der Waals surface area contributed by atoms with E-state index < -0.39 is 5.82 Å². The van der Waals surface area contributed by atoms with Crippen molar-refractivity contribution in [3.8, 4) is 17.3 Å². The summed E-state index contributed by atoms with van der Waals surface area (Å²) in [6.07, 6.45) is 3.01. The Balaban J connectivity index is 1.62. The molecule has 1 aliphatic rings. The smallest absolute Gasteiger partial charge is 0.226 e. The number of para-hydroxylation sites is 1. The number of benzene rings is 2. The second-order valence-electron chi connectivity index (χ2n) is 7.54. The van der Waals surface area contributed by atoms with Crippen LogP contribution in [0.1, 0.15) is 30.5 Å². The summed E-state index contributed by atoms with van der Waals surface area (Å²) in [6, 6.07) is 11.9. The van der Waals surface area contributed by atoms with Gasteiger partial charge in [-0.1, -0.05) is 12.1 Å². The van der Waals surface area contributed by atoms with Crippen molar-refractivity contribution in [1.29, 1.82) is 0 Å². The van der Waals surface area contributed by atoms with Gasteiger partial charge < -0.3 is 10.1 Å². The van der Waals surface area contributed by atoms with Gasteiger partial charge in [0.25, 0.3) is 0 Å². The highest BCUT2D eigenvalue weighted by Crippen LogP contribution is 2.33. The van der Waals surface area contributed by atoms with Crippen molar-refractivity contribution in [1.82, 2.24) is 15.1 Å². The Morgan fingerprint density at radius 3 is 2.60 bits per heavy atom. The Kier molecular flexibility index (Phi) is 5.79. The molecule has 0 saturated heterocycles. The number of aryl methyl sites for hydroxylation is 1. The zero-order valence-electron chi connectivity index (χ0n) is 16.7. The first-order valence-corrected chi connectivity index (χ1v) is 10.0. The Bertz CT molecular complexity index is 1040. The Morgan fingerprint density at radius 1 is 1.17 bits per heavy atom. The predicted octanol–water partition coefficient (Wildman–Crippen LogP) is 4.71. The van der Waals surface area contributed by atoms with Crippen LogP contribution >= 0.6 is 0 Å². The largest absolute Gasteiger partial charge is 0.436 e. The van der Waals surface area contributed by atoms with Gasteiger partial charge in [0, 0.05) is 18.5 Å². The van der Waals surface area contributed by atoms with Crippen LogP contribution in [0.15, 0.2) is 48.5 Å². The van der Waals surface area contributed by atoms with E-state index in [4.69, 9.17) is 4.74 Å². The molecule has 0 bridgehead atoms. The molecule has 1 aliphatic carbocycles. The van der Waals surface area contributed by atoms with Crippen molar-refractivity contribution in [2.45, 2.75) is 32.6 Å². The van der Waals surface area contributed by atoms with Gasteiger partial charge in [-0.2, -0.15) is 5.10 Å². The van der Waals surface area contributed by atoms with Crippen molar-refractivity contribution < 1.29 is 18.3 Å². The molecule has 0 unspecified atom stereocenters. The van der Waals surface area contributed by atoms with Crippen LogP contribution in [0, 0.1) is 24.5 Å². The lowest BCUT2D eigenvalue weighted by molar-refractivity contribution is -0.121. The minimum Gasteiger partial charge on any atom is -0.436 e. The zero-order valence-corrected chi connectivity index (χ0v) is 16.7. The molecule has 3 aromatic rings. The van der Waals surface area contributed by atoms with Gasteiger partial charge >= 0.3 is 0 Å². The Hall–Kier alpha value is -3.22. The highest BCUT2D eigenvalue weighted by atomic mass is 19.1. The van der Waals surface area contributed by atoms with Gasteiger partial charge in [-0.15, -0.1) is 0 Å². The normalized spacial score (nSPS) is 13.3. The van der Waals surface area contributed by atoms with E-state index in [1.165, 1.54) is 41.8 Å². The summed E-state index contributed by atoms with van der Waals surface area (Å²) in [4.78, 5) is 12.2. The number of hydrogen-bond acceptors (Lipinski definition) is 3. The standard InChI is InChI=1S/C23H23F2N3O2/c1-15-19(12-13-22(29)26-14-16-6-7-16)23(30-21-5-3-2-4-20(21)25)28(27-15)18-10-8-17(24)9-11-18/h2-5,8-11,16H,6-7,12-14H2,1H3,(H,26,29). The topological polar surface area (TPSA) is 56.2 Å². The molecule has 2 aromatic carbocycles. The zero-order chi connectivity index (χ0) is 21.1.